The smallest absolute Gasteiger partial charge is 0.363 e. The van der Waals surface area contributed by atoms with Crippen molar-refractivity contribution in [3.8, 4) is 0 Å². The summed E-state index contributed by atoms with van der Waals surface area (Å²) in [7, 11) is -2.96. The first kappa shape index (κ1) is 19.5. The first-order valence-electron chi connectivity index (χ1n) is 6.52. The normalized spacial score (nSPS) is 20.3. The van der Waals surface area contributed by atoms with Crippen LogP contribution in [0.15, 0.2) is 5.16 Å². The summed E-state index contributed by atoms with van der Waals surface area (Å²) in [6.07, 6.45) is 0. The minimum absolute atomic E-state index is 0.0290. The van der Waals surface area contributed by atoms with E-state index in [1.54, 1.807) is 0 Å². The van der Waals surface area contributed by atoms with Crippen LogP contribution in [-0.4, -0.2) is 76.4 Å². The standard InChI is InChI=1S/C10H12N6O8S2/c1-23-9(19)5-3(8(18)16(5)26(20,21)22)12-7(17)4(14-24-2)6-13-10(11)25-15-6/h3,5H,1-2H3,(H,12,17)(H2,11,13,15)(H,20,21,22)/b14-4-/t3-,5-/m0/s1. The molecule has 0 bridgehead atoms. The van der Waals surface area contributed by atoms with Gasteiger partial charge in [0.1, 0.15) is 13.2 Å². The van der Waals surface area contributed by atoms with Gasteiger partial charge in [0, 0.05) is 11.5 Å². The number of aromatic nitrogens is 2. The number of carbonyl (C=O) groups is 3. The number of nitrogens with one attached hydrogen (secondary N) is 1. The Hall–Kier alpha value is -2.85. The molecule has 0 aliphatic carbocycles. The fourth-order valence-corrected chi connectivity index (χ4v) is 3.30. The van der Waals surface area contributed by atoms with E-state index in [4.69, 9.17) is 10.3 Å². The predicted molar refractivity (Wildman–Crippen MR) is 84.0 cm³/mol. The van der Waals surface area contributed by atoms with E-state index in [9.17, 15) is 22.8 Å². The number of β-lactam (4-membered cyclic amide) rings is 1. The summed E-state index contributed by atoms with van der Waals surface area (Å²) in [6, 6.07) is -3.42. The first-order chi connectivity index (χ1) is 12.1. The average molecular weight is 408 g/mol. The largest absolute Gasteiger partial charge is 0.467 e. The monoisotopic (exact) mass is 408 g/mol. The summed E-state index contributed by atoms with van der Waals surface area (Å²) >= 11 is 0.767. The van der Waals surface area contributed by atoms with E-state index >= 15 is 0 Å². The van der Waals surface area contributed by atoms with E-state index in [0.717, 1.165) is 25.8 Å². The fraction of sp³-hybridized carbons (Fsp3) is 0.400. The lowest BCUT2D eigenvalue weighted by molar-refractivity contribution is -0.162. The first-order valence-corrected chi connectivity index (χ1v) is 8.69. The number of esters is 1. The molecule has 0 spiro atoms. The molecule has 142 valence electrons. The molecule has 1 aromatic heterocycles. The van der Waals surface area contributed by atoms with E-state index in [0.29, 0.717) is 0 Å². The number of rotatable bonds is 6. The number of oxime groups is 1. The summed E-state index contributed by atoms with van der Waals surface area (Å²) in [5, 5.41) is 5.55. The SMILES string of the molecule is CO/N=C(\C(=O)N[C@@H]1C(=O)N(S(=O)(=O)O)[C@@H]1C(=O)OC)c1nsc(N)n1. The van der Waals surface area contributed by atoms with Crippen molar-refractivity contribution in [1.29, 1.82) is 0 Å². The minimum Gasteiger partial charge on any atom is -0.467 e. The van der Waals surface area contributed by atoms with Gasteiger partial charge in [0.05, 0.1) is 7.11 Å². The van der Waals surface area contributed by atoms with Gasteiger partial charge in [-0.05, 0) is 0 Å². The molecule has 2 atom stereocenters. The van der Waals surface area contributed by atoms with E-state index in [1.165, 1.54) is 0 Å². The quantitative estimate of drug-likeness (QED) is 0.143. The number of nitrogens with two attached hydrogens (primary N) is 1. The van der Waals surface area contributed by atoms with Crippen molar-refractivity contribution in [1.82, 2.24) is 19.0 Å². The Kier molecular flexibility index (Phi) is 5.38. The highest BCUT2D eigenvalue weighted by molar-refractivity contribution is 7.84. The van der Waals surface area contributed by atoms with Crippen LogP contribution in [-0.2, 0) is 34.3 Å². The van der Waals surface area contributed by atoms with Crippen LogP contribution < -0.4 is 11.1 Å². The number of hydrogen-bond donors (Lipinski definition) is 3. The lowest BCUT2D eigenvalue weighted by Gasteiger charge is -2.41. The average Bonchev–Trinajstić information content (AvgIpc) is 2.98. The summed E-state index contributed by atoms with van der Waals surface area (Å²) in [5.74, 6) is -3.68. The van der Waals surface area contributed by atoms with Crippen molar-refractivity contribution in [2.75, 3.05) is 20.0 Å². The minimum atomic E-state index is -5.03. The Morgan fingerprint density at radius 1 is 1.42 bits per heavy atom. The molecule has 2 rings (SSSR count). The zero-order valence-corrected chi connectivity index (χ0v) is 14.8. The predicted octanol–water partition coefficient (Wildman–Crippen LogP) is -2.86. The highest BCUT2D eigenvalue weighted by atomic mass is 32.2. The van der Waals surface area contributed by atoms with Crippen LogP contribution in [0.5, 0.6) is 0 Å². The van der Waals surface area contributed by atoms with Gasteiger partial charge in [0.15, 0.2) is 11.2 Å². The number of hydrogen-bond acceptors (Lipinski definition) is 12. The molecule has 14 nitrogen and oxygen atoms in total. The fourth-order valence-electron chi connectivity index (χ4n) is 2.03. The van der Waals surface area contributed by atoms with Gasteiger partial charge in [-0.25, -0.2) is 4.79 Å². The van der Waals surface area contributed by atoms with Gasteiger partial charge < -0.3 is 20.6 Å². The van der Waals surface area contributed by atoms with Crippen molar-refractivity contribution in [2.45, 2.75) is 12.1 Å². The molecule has 2 heterocycles. The Bertz CT molecular complexity index is 880. The van der Waals surface area contributed by atoms with Gasteiger partial charge in [0.25, 0.3) is 11.8 Å². The highest BCUT2D eigenvalue weighted by Gasteiger charge is 2.58. The second-order valence-electron chi connectivity index (χ2n) is 4.61. The van der Waals surface area contributed by atoms with Crippen molar-refractivity contribution < 1.29 is 36.9 Å². The second kappa shape index (κ2) is 7.18. The summed E-state index contributed by atoms with van der Waals surface area (Å²) in [6.45, 7) is 0. The molecular formula is C10H12N6O8S2. The maximum absolute atomic E-state index is 12.3. The third-order valence-corrected chi connectivity index (χ3v) is 4.53. The summed E-state index contributed by atoms with van der Waals surface area (Å²) < 4.78 is 39.5. The molecule has 0 unspecified atom stereocenters. The van der Waals surface area contributed by atoms with Gasteiger partial charge in [-0.15, -0.1) is 0 Å². The van der Waals surface area contributed by atoms with Crippen LogP contribution in [0.1, 0.15) is 5.82 Å². The second-order valence-corrected chi connectivity index (χ2v) is 6.68. The molecule has 2 amide bonds. The molecule has 1 aromatic rings. The molecular weight excluding hydrogens is 396 g/mol. The van der Waals surface area contributed by atoms with E-state index in [-0.39, 0.29) is 15.3 Å². The van der Waals surface area contributed by atoms with Crippen molar-refractivity contribution >= 4 is 50.5 Å². The maximum atomic E-state index is 12.3. The number of carbonyl (C=O) groups excluding carboxylic acids is 3. The Labute approximate surface area is 150 Å². The molecule has 4 N–H and O–H groups in total. The van der Waals surface area contributed by atoms with Crippen LogP contribution in [0, 0.1) is 0 Å². The molecule has 1 fully saturated rings. The van der Waals surface area contributed by atoms with E-state index in [2.05, 4.69) is 29.4 Å². The van der Waals surface area contributed by atoms with Gasteiger partial charge in [0.2, 0.25) is 11.5 Å². The van der Waals surface area contributed by atoms with Crippen LogP contribution in [0.25, 0.3) is 0 Å². The number of methoxy groups -OCH3 is 1. The number of amides is 2. The van der Waals surface area contributed by atoms with Gasteiger partial charge in [-0.2, -0.15) is 22.1 Å². The topological polar surface area (TPSA) is 203 Å². The van der Waals surface area contributed by atoms with E-state index in [1.807, 2.05) is 0 Å². The Morgan fingerprint density at radius 2 is 2.08 bits per heavy atom. The Morgan fingerprint density at radius 3 is 2.54 bits per heavy atom. The van der Waals surface area contributed by atoms with Crippen LogP contribution in [0.2, 0.25) is 0 Å². The van der Waals surface area contributed by atoms with Gasteiger partial charge in [-0.1, -0.05) is 5.16 Å². The van der Waals surface area contributed by atoms with Crippen molar-refractivity contribution in [3.63, 3.8) is 0 Å². The van der Waals surface area contributed by atoms with Gasteiger partial charge >= 0.3 is 16.3 Å². The maximum Gasteiger partial charge on any atom is 0.363 e. The number of nitrogens with zero attached hydrogens (tertiary/aromatic N) is 4. The summed E-state index contributed by atoms with van der Waals surface area (Å²) in [4.78, 5) is 44.2. The zero-order chi connectivity index (χ0) is 19.6. The molecule has 1 saturated heterocycles. The van der Waals surface area contributed by atoms with Crippen LogP contribution >= 0.6 is 11.5 Å². The summed E-state index contributed by atoms with van der Waals surface area (Å²) in [5.41, 5.74) is 4.95. The molecule has 1 aliphatic rings. The lowest BCUT2D eigenvalue weighted by Crippen LogP contribution is -2.74. The number of nitrogen functional groups attached to an aromatic ring is 1. The highest BCUT2D eigenvalue weighted by Crippen LogP contribution is 2.24. The van der Waals surface area contributed by atoms with Crippen LogP contribution in [0.4, 0.5) is 5.13 Å². The molecule has 26 heavy (non-hydrogen) atoms. The third kappa shape index (κ3) is 3.55. The van der Waals surface area contributed by atoms with Gasteiger partial charge in [-0.3, -0.25) is 14.1 Å². The Balaban J connectivity index is 2.27. The number of anilines is 1. The van der Waals surface area contributed by atoms with E-state index < -0.39 is 45.9 Å². The van der Waals surface area contributed by atoms with Crippen molar-refractivity contribution in [2.24, 2.45) is 5.16 Å². The van der Waals surface area contributed by atoms with Crippen molar-refractivity contribution in [3.05, 3.63) is 5.82 Å². The number of ether oxygens (including phenoxy) is 1. The third-order valence-electron chi connectivity index (χ3n) is 3.08. The lowest BCUT2D eigenvalue weighted by atomic mass is 9.98. The molecule has 0 aromatic carbocycles. The molecule has 0 radical (unpaired) electrons. The molecule has 0 saturated carbocycles. The molecule has 1 aliphatic heterocycles. The zero-order valence-electron chi connectivity index (χ0n) is 13.1. The molecule has 16 heteroatoms. The van der Waals surface area contributed by atoms with Crippen LogP contribution in [0.3, 0.4) is 0 Å².